The molecule has 0 spiro atoms. The molecule has 26 heavy (non-hydrogen) atoms. The summed E-state index contributed by atoms with van der Waals surface area (Å²) in [5, 5.41) is 4.18. The highest BCUT2D eigenvalue weighted by Crippen LogP contribution is 2.25. The number of halogens is 1. The minimum atomic E-state index is 0. The first-order valence-electron chi connectivity index (χ1n) is 9.01. The van der Waals surface area contributed by atoms with Crippen LogP contribution >= 0.6 is 12.4 Å². The number of amides is 1. The maximum Gasteiger partial charge on any atom is 0.255 e. The summed E-state index contributed by atoms with van der Waals surface area (Å²) in [6.45, 7) is 4.64. The average molecular weight is 378 g/mol. The molecule has 0 unspecified atom stereocenters. The first kappa shape index (κ1) is 20.5. The summed E-state index contributed by atoms with van der Waals surface area (Å²) >= 11 is 0. The zero-order valence-electron chi connectivity index (χ0n) is 15.7. The second-order valence-electron chi connectivity index (χ2n) is 6.81. The Bertz CT molecular complexity index is 758. The Labute approximate surface area is 161 Å². The fourth-order valence-electron chi connectivity index (χ4n) is 3.53. The molecule has 5 nitrogen and oxygen atoms in total. The fraction of sp³-hybridized carbons (Fsp3) is 0.500. The topological polar surface area (TPSA) is 54.5 Å². The van der Waals surface area contributed by atoms with E-state index in [1.165, 1.54) is 6.42 Å². The van der Waals surface area contributed by atoms with Crippen LogP contribution in [0.2, 0.25) is 0 Å². The van der Waals surface area contributed by atoms with Crippen molar-refractivity contribution in [2.24, 2.45) is 5.92 Å². The van der Waals surface area contributed by atoms with Crippen molar-refractivity contribution in [1.82, 2.24) is 15.2 Å². The number of hydrogen-bond donors (Lipinski definition) is 1. The number of hydrogen-bond acceptors (Lipinski definition) is 4. The van der Waals surface area contributed by atoms with E-state index in [4.69, 9.17) is 4.74 Å². The molecule has 0 bridgehead atoms. The number of methoxy groups -OCH3 is 1. The molecule has 1 amide bonds. The van der Waals surface area contributed by atoms with Crippen LogP contribution in [0.3, 0.4) is 0 Å². The molecule has 1 aliphatic heterocycles. The van der Waals surface area contributed by atoms with Gasteiger partial charge in [-0.25, -0.2) is 0 Å². The highest BCUT2D eigenvalue weighted by Gasteiger charge is 2.24. The number of rotatable bonds is 5. The lowest BCUT2D eigenvalue weighted by Gasteiger charge is -2.32. The van der Waals surface area contributed by atoms with Crippen LogP contribution in [0.4, 0.5) is 0 Å². The van der Waals surface area contributed by atoms with Crippen molar-refractivity contribution in [2.45, 2.75) is 26.2 Å². The Morgan fingerprint density at radius 2 is 2.04 bits per heavy atom. The molecule has 0 aliphatic carbocycles. The van der Waals surface area contributed by atoms with Crippen molar-refractivity contribution in [3.63, 3.8) is 0 Å². The number of fused-ring (bicyclic) bond motifs is 1. The molecular formula is C20H28ClN3O2. The molecule has 0 radical (unpaired) electrons. The van der Waals surface area contributed by atoms with E-state index in [-0.39, 0.29) is 18.3 Å². The zero-order chi connectivity index (χ0) is 17.8. The van der Waals surface area contributed by atoms with E-state index in [1.54, 1.807) is 7.11 Å². The second-order valence-corrected chi connectivity index (χ2v) is 6.81. The van der Waals surface area contributed by atoms with Gasteiger partial charge in [-0.3, -0.25) is 9.78 Å². The smallest absolute Gasteiger partial charge is 0.255 e. The molecule has 0 saturated carbocycles. The van der Waals surface area contributed by atoms with Crippen LogP contribution < -0.4 is 10.1 Å². The number of carbonyl (C=O) groups excluding carboxylic acids is 1. The van der Waals surface area contributed by atoms with Gasteiger partial charge in [0.05, 0.1) is 23.9 Å². The van der Waals surface area contributed by atoms with E-state index in [0.29, 0.717) is 5.56 Å². The lowest BCUT2D eigenvalue weighted by Crippen LogP contribution is -2.39. The summed E-state index contributed by atoms with van der Waals surface area (Å²) in [6, 6.07) is 7.73. The SMILES string of the molecule is CNCCC1CCN(C(=O)c2cc3ccc(OC)cc3nc2C)CC1.Cl. The van der Waals surface area contributed by atoms with Crippen LogP contribution in [0.1, 0.15) is 35.3 Å². The maximum atomic E-state index is 13.0. The van der Waals surface area contributed by atoms with Gasteiger partial charge < -0.3 is 15.0 Å². The number of nitrogens with one attached hydrogen (secondary N) is 1. The third-order valence-electron chi connectivity index (χ3n) is 5.15. The monoisotopic (exact) mass is 377 g/mol. The van der Waals surface area contributed by atoms with E-state index in [9.17, 15) is 4.79 Å². The second kappa shape index (κ2) is 9.19. The molecule has 1 aromatic heterocycles. The Balaban J connectivity index is 0.00000243. The lowest BCUT2D eigenvalue weighted by molar-refractivity contribution is 0.0686. The van der Waals surface area contributed by atoms with Crippen LogP contribution in [0, 0.1) is 12.8 Å². The number of aromatic nitrogens is 1. The number of aryl methyl sites for hydroxylation is 1. The highest BCUT2D eigenvalue weighted by atomic mass is 35.5. The van der Waals surface area contributed by atoms with Gasteiger partial charge in [0.25, 0.3) is 5.91 Å². The Morgan fingerprint density at radius 1 is 1.31 bits per heavy atom. The minimum absolute atomic E-state index is 0. The maximum absolute atomic E-state index is 13.0. The molecule has 1 aromatic carbocycles. The summed E-state index contributed by atoms with van der Waals surface area (Å²) < 4.78 is 5.25. The van der Waals surface area contributed by atoms with Crippen molar-refractivity contribution < 1.29 is 9.53 Å². The predicted octanol–water partition coefficient (Wildman–Crippen LogP) is 3.44. The summed E-state index contributed by atoms with van der Waals surface area (Å²) in [5.74, 6) is 1.61. The number of ether oxygens (including phenoxy) is 1. The molecular weight excluding hydrogens is 350 g/mol. The molecule has 0 atom stereocenters. The summed E-state index contributed by atoms with van der Waals surface area (Å²) in [7, 11) is 3.63. The van der Waals surface area contributed by atoms with E-state index in [2.05, 4.69) is 10.3 Å². The largest absolute Gasteiger partial charge is 0.497 e. The Morgan fingerprint density at radius 3 is 2.69 bits per heavy atom. The third kappa shape index (κ3) is 4.46. The van der Waals surface area contributed by atoms with Gasteiger partial charge in [-0.1, -0.05) is 0 Å². The summed E-state index contributed by atoms with van der Waals surface area (Å²) in [6.07, 6.45) is 3.37. The molecule has 2 aromatic rings. The number of likely N-dealkylation sites (tertiary alicyclic amines) is 1. The molecule has 1 N–H and O–H groups in total. The van der Waals surface area contributed by atoms with Crippen LogP contribution in [0.15, 0.2) is 24.3 Å². The van der Waals surface area contributed by atoms with Gasteiger partial charge in [-0.15, -0.1) is 12.4 Å². The van der Waals surface area contributed by atoms with Gasteiger partial charge >= 0.3 is 0 Å². The van der Waals surface area contributed by atoms with Crippen molar-refractivity contribution in [3.05, 3.63) is 35.5 Å². The normalized spacial score (nSPS) is 15.0. The molecule has 1 fully saturated rings. The first-order valence-corrected chi connectivity index (χ1v) is 9.01. The Hall–Kier alpha value is -1.85. The number of benzene rings is 1. The Kier molecular flexibility index (Phi) is 7.23. The summed E-state index contributed by atoms with van der Waals surface area (Å²) in [5.41, 5.74) is 2.36. The van der Waals surface area contributed by atoms with Crippen molar-refractivity contribution in [3.8, 4) is 5.75 Å². The highest BCUT2D eigenvalue weighted by molar-refractivity contribution is 5.98. The van der Waals surface area contributed by atoms with E-state index in [1.807, 2.05) is 43.1 Å². The van der Waals surface area contributed by atoms with Crippen LogP contribution in [0.5, 0.6) is 5.75 Å². The third-order valence-corrected chi connectivity index (χ3v) is 5.15. The molecule has 6 heteroatoms. The van der Waals surface area contributed by atoms with E-state index in [0.717, 1.165) is 60.7 Å². The van der Waals surface area contributed by atoms with Crippen LogP contribution in [0.25, 0.3) is 10.9 Å². The number of nitrogens with zero attached hydrogens (tertiary/aromatic N) is 2. The van der Waals surface area contributed by atoms with Gasteiger partial charge in [0, 0.05) is 24.5 Å². The van der Waals surface area contributed by atoms with Crippen molar-refractivity contribution >= 4 is 29.2 Å². The van der Waals surface area contributed by atoms with Gasteiger partial charge in [-0.05, 0) is 63.9 Å². The minimum Gasteiger partial charge on any atom is -0.497 e. The molecule has 2 heterocycles. The van der Waals surface area contributed by atoms with Gasteiger partial charge in [0.15, 0.2) is 0 Å². The van der Waals surface area contributed by atoms with Crippen LogP contribution in [-0.4, -0.2) is 49.6 Å². The number of piperidine rings is 1. The van der Waals surface area contributed by atoms with Crippen LogP contribution in [-0.2, 0) is 0 Å². The van der Waals surface area contributed by atoms with Gasteiger partial charge in [-0.2, -0.15) is 0 Å². The lowest BCUT2D eigenvalue weighted by atomic mass is 9.93. The standard InChI is InChI=1S/C20H27N3O2.ClH/c1-14-18(12-16-4-5-17(25-3)13-19(16)22-14)20(24)23-10-7-15(8-11-23)6-9-21-2;/h4-5,12-13,15,21H,6-11H2,1-3H3;1H. The molecule has 3 rings (SSSR count). The van der Waals surface area contributed by atoms with Gasteiger partial charge in [0.1, 0.15) is 5.75 Å². The van der Waals surface area contributed by atoms with Gasteiger partial charge in [0.2, 0.25) is 0 Å². The number of pyridine rings is 1. The van der Waals surface area contributed by atoms with E-state index < -0.39 is 0 Å². The molecule has 1 aliphatic rings. The zero-order valence-corrected chi connectivity index (χ0v) is 16.6. The average Bonchev–Trinajstić information content (AvgIpc) is 2.65. The quantitative estimate of drug-likeness (QED) is 0.867. The molecule has 1 saturated heterocycles. The van der Waals surface area contributed by atoms with Crippen molar-refractivity contribution in [1.29, 1.82) is 0 Å². The first-order chi connectivity index (χ1) is 12.1. The van der Waals surface area contributed by atoms with E-state index >= 15 is 0 Å². The summed E-state index contributed by atoms with van der Waals surface area (Å²) in [4.78, 5) is 19.6. The molecule has 142 valence electrons. The fourth-order valence-corrected chi connectivity index (χ4v) is 3.53. The predicted molar refractivity (Wildman–Crippen MR) is 107 cm³/mol. The number of carbonyl (C=O) groups is 1. The van der Waals surface area contributed by atoms with Crippen molar-refractivity contribution in [2.75, 3.05) is 33.8 Å².